The lowest BCUT2D eigenvalue weighted by atomic mass is 10.1. The van der Waals surface area contributed by atoms with Crippen LogP contribution in [0.25, 0.3) is 0 Å². The van der Waals surface area contributed by atoms with Gasteiger partial charge in [-0.3, -0.25) is 0 Å². The number of anilines is 1. The van der Waals surface area contributed by atoms with Crippen molar-refractivity contribution in [2.24, 2.45) is 0 Å². The van der Waals surface area contributed by atoms with Gasteiger partial charge >= 0.3 is 0 Å². The van der Waals surface area contributed by atoms with E-state index < -0.39 is 0 Å². The SMILES string of the molecule is c1ccc(NCc2ccc3c(c2)CNC3)cc1. The minimum atomic E-state index is 0.886. The molecule has 0 unspecified atom stereocenters. The van der Waals surface area contributed by atoms with E-state index in [0.29, 0.717) is 0 Å². The maximum absolute atomic E-state index is 3.43. The molecule has 0 radical (unpaired) electrons. The summed E-state index contributed by atoms with van der Waals surface area (Å²) in [5.41, 5.74) is 5.40. The van der Waals surface area contributed by atoms with Gasteiger partial charge in [-0.15, -0.1) is 0 Å². The van der Waals surface area contributed by atoms with Crippen molar-refractivity contribution in [3.63, 3.8) is 0 Å². The molecule has 1 heterocycles. The number of nitrogens with one attached hydrogen (secondary N) is 2. The highest BCUT2D eigenvalue weighted by atomic mass is 14.9. The zero-order valence-electron chi connectivity index (χ0n) is 9.74. The Bertz CT molecular complexity index is 506. The van der Waals surface area contributed by atoms with Crippen LogP contribution in [0, 0.1) is 0 Å². The molecule has 1 aliphatic rings. The Morgan fingerprint density at radius 1 is 0.941 bits per heavy atom. The molecule has 2 aromatic rings. The molecule has 0 aliphatic carbocycles. The van der Waals surface area contributed by atoms with Crippen LogP contribution in [0.5, 0.6) is 0 Å². The van der Waals surface area contributed by atoms with Crippen molar-refractivity contribution in [2.75, 3.05) is 5.32 Å². The smallest absolute Gasteiger partial charge is 0.0400 e. The summed E-state index contributed by atoms with van der Waals surface area (Å²) in [6.45, 7) is 2.91. The normalized spacial score (nSPS) is 13.4. The van der Waals surface area contributed by atoms with Gasteiger partial charge < -0.3 is 10.6 Å². The van der Waals surface area contributed by atoms with Crippen LogP contribution in [0.15, 0.2) is 48.5 Å². The van der Waals surface area contributed by atoms with Gasteiger partial charge in [0.2, 0.25) is 0 Å². The molecule has 86 valence electrons. The van der Waals surface area contributed by atoms with Crippen molar-refractivity contribution in [1.82, 2.24) is 5.32 Å². The molecule has 0 saturated carbocycles. The number of benzene rings is 2. The number of hydrogen-bond acceptors (Lipinski definition) is 2. The van der Waals surface area contributed by atoms with Crippen LogP contribution >= 0.6 is 0 Å². The van der Waals surface area contributed by atoms with E-state index in [4.69, 9.17) is 0 Å². The fraction of sp³-hybridized carbons (Fsp3) is 0.200. The molecule has 17 heavy (non-hydrogen) atoms. The van der Waals surface area contributed by atoms with Crippen molar-refractivity contribution in [1.29, 1.82) is 0 Å². The number of hydrogen-bond donors (Lipinski definition) is 2. The summed E-state index contributed by atoms with van der Waals surface area (Å²) in [5, 5.41) is 6.80. The van der Waals surface area contributed by atoms with Crippen LogP contribution < -0.4 is 10.6 Å². The lowest BCUT2D eigenvalue weighted by Crippen LogP contribution is -2.00. The van der Waals surface area contributed by atoms with E-state index in [1.54, 1.807) is 0 Å². The summed E-state index contributed by atoms with van der Waals surface area (Å²) < 4.78 is 0. The Morgan fingerprint density at radius 2 is 1.76 bits per heavy atom. The van der Waals surface area contributed by atoms with E-state index in [-0.39, 0.29) is 0 Å². The van der Waals surface area contributed by atoms with Gasteiger partial charge in [0.1, 0.15) is 0 Å². The van der Waals surface area contributed by atoms with Crippen molar-refractivity contribution >= 4 is 5.69 Å². The molecule has 3 rings (SSSR count). The van der Waals surface area contributed by atoms with Gasteiger partial charge in [-0.05, 0) is 28.8 Å². The number of para-hydroxylation sites is 1. The van der Waals surface area contributed by atoms with Crippen molar-refractivity contribution in [2.45, 2.75) is 19.6 Å². The average Bonchev–Trinajstić information content (AvgIpc) is 2.85. The van der Waals surface area contributed by atoms with E-state index in [1.165, 1.54) is 22.4 Å². The molecular formula is C15H16N2. The Balaban J connectivity index is 1.70. The number of rotatable bonds is 3. The predicted octanol–water partition coefficient (Wildman–Crippen LogP) is 2.90. The third kappa shape index (κ3) is 2.32. The van der Waals surface area contributed by atoms with Crippen LogP contribution in [-0.2, 0) is 19.6 Å². The predicted molar refractivity (Wildman–Crippen MR) is 70.8 cm³/mol. The van der Waals surface area contributed by atoms with E-state index in [2.05, 4.69) is 53.1 Å². The molecule has 0 saturated heterocycles. The van der Waals surface area contributed by atoms with Crippen LogP contribution in [0.4, 0.5) is 5.69 Å². The summed E-state index contributed by atoms with van der Waals surface area (Å²) in [7, 11) is 0. The molecule has 2 heteroatoms. The summed E-state index contributed by atoms with van der Waals surface area (Å²) in [4.78, 5) is 0. The second-order valence-corrected chi connectivity index (χ2v) is 4.43. The van der Waals surface area contributed by atoms with Gasteiger partial charge in [-0.1, -0.05) is 36.4 Å². The molecule has 2 aromatic carbocycles. The molecule has 0 amide bonds. The van der Waals surface area contributed by atoms with E-state index >= 15 is 0 Å². The zero-order valence-corrected chi connectivity index (χ0v) is 9.74. The second kappa shape index (κ2) is 4.60. The third-order valence-corrected chi connectivity index (χ3v) is 3.17. The average molecular weight is 224 g/mol. The fourth-order valence-corrected chi connectivity index (χ4v) is 2.22. The minimum absolute atomic E-state index is 0.886. The van der Waals surface area contributed by atoms with Crippen LogP contribution in [0.3, 0.4) is 0 Å². The van der Waals surface area contributed by atoms with Gasteiger partial charge in [-0.25, -0.2) is 0 Å². The van der Waals surface area contributed by atoms with E-state index in [0.717, 1.165) is 19.6 Å². The summed E-state index contributed by atoms with van der Waals surface area (Å²) in [6, 6.07) is 17.1. The van der Waals surface area contributed by atoms with E-state index in [9.17, 15) is 0 Å². The Morgan fingerprint density at radius 3 is 2.65 bits per heavy atom. The van der Waals surface area contributed by atoms with Crippen molar-refractivity contribution < 1.29 is 0 Å². The standard InChI is InChI=1S/C15H16N2/c1-2-4-15(5-3-1)17-9-12-6-7-13-10-16-11-14(13)8-12/h1-8,16-17H,9-11H2. The van der Waals surface area contributed by atoms with Crippen molar-refractivity contribution in [3.8, 4) is 0 Å². The lowest BCUT2D eigenvalue weighted by Gasteiger charge is -2.07. The molecule has 0 fully saturated rings. The summed E-state index contributed by atoms with van der Waals surface area (Å²) in [5.74, 6) is 0. The highest BCUT2D eigenvalue weighted by molar-refractivity contribution is 5.44. The van der Waals surface area contributed by atoms with Crippen LogP contribution in [-0.4, -0.2) is 0 Å². The van der Waals surface area contributed by atoms with Gasteiger partial charge in [-0.2, -0.15) is 0 Å². The quantitative estimate of drug-likeness (QED) is 0.837. The molecule has 0 atom stereocenters. The molecule has 2 N–H and O–H groups in total. The zero-order chi connectivity index (χ0) is 11.5. The topological polar surface area (TPSA) is 24.1 Å². The second-order valence-electron chi connectivity index (χ2n) is 4.43. The first kappa shape index (κ1) is 10.4. The maximum atomic E-state index is 3.43. The number of fused-ring (bicyclic) bond motifs is 1. The Labute approximate surface area is 102 Å². The van der Waals surface area contributed by atoms with Crippen LogP contribution in [0.1, 0.15) is 16.7 Å². The Hall–Kier alpha value is -1.80. The Kier molecular flexibility index (Phi) is 2.80. The molecule has 0 aromatic heterocycles. The molecule has 1 aliphatic heterocycles. The van der Waals surface area contributed by atoms with Gasteiger partial charge in [0.05, 0.1) is 0 Å². The first-order chi connectivity index (χ1) is 8.42. The molecule has 2 nitrogen and oxygen atoms in total. The molecule has 0 spiro atoms. The van der Waals surface area contributed by atoms with Crippen LogP contribution in [0.2, 0.25) is 0 Å². The largest absolute Gasteiger partial charge is 0.381 e. The minimum Gasteiger partial charge on any atom is -0.381 e. The molecular weight excluding hydrogens is 208 g/mol. The van der Waals surface area contributed by atoms with Gasteiger partial charge in [0.15, 0.2) is 0 Å². The monoisotopic (exact) mass is 224 g/mol. The molecule has 0 bridgehead atoms. The highest BCUT2D eigenvalue weighted by Gasteiger charge is 2.09. The first-order valence-electron chi connectivity index (χ1n) is 6.02. The summed E-state index contributed by atoms with van der Waals surface area (Å²) >= 11 is 0. The summed E-state index contributed by atoms with van der Waals surface area (Å²) in [6.07, 6.45) is 0. The van der Waals surface area contributed by atoms with Gasteiger partial charge in [0, 0.05) is 25.3 Å². The first-order valence-corrected chi connectivity index (χ1v) is 6.02. The van der Waals surface area contributed by atoms with Gasteiger partial charge in [0.25, 0.3) is 0 Å². The highest BCUT2D eigenvalue weighted by Crippen LogP contribution is 2.17. The third-order valence-electron chi connectivity index (χ3n) is 3.17. The fourth-order valence-electron chi connectivity index (χ4n) is 2.22. The van der Waals surface area contributed by atoms with E-state index in [1.807, 2.05) is 6.07 Å². The lowest BCUT2D eigenvalue weighted by molar-refractivity contribution is 0.764. The van der Waals surface area contributed by atoms with Crippen molar-refractivity contribution in [3.05, 3.63) is 65.2 Å². The maximum Gasteiger partial charge on any atom is 0.0400 e.